The zero-order valence-corrected chi connectivity index (χ0v) is 11.3. The second-order valence-corrected chi connectivity index (χ2v) is 5.05. The average molecular weight is 264 g/mol. The molecule has 0 unspecified atom stereocenters. The summed E-state index contributed by atoms with van der Waals surface area (Å²) in [6.07, 6.45) is 1.54. The van der Waals surface area contributed by atoms with Crippen LogP contribution in [0.4, 0.5) is 0 Å². The van der Waals surface area contributed by atoms with Crippen molar-refractivity contribution in [3.63, 3.8) is 0 Å². The van der Waals surface area contributed by atoms with E-state index in [1.807, 2.05) is 25.3 Å². The van der Waals surface area contributed by atoms with E-state index in [9.17, 15) is 4.79 Å². The van der Waals surface area contributed by atoms with Crippen molar-refractivity contribution in [3.05, 3.63) is 39.7 Å². The molecule has 2 rings (SSSR count). The zero-order valence-electron chi connectivity index (χ0n) is 10.5. The van der Waals surface area contributed by atoms with Crippen LogP contribution in [0.3, 0.4) is 0 Å². The lowest BCUT2D eigenvalue weighted by molar-refractivity contribution is 0.0924. The van der Waals surface area contributed by atoms with E-state index in [1.54, 1.807) is 17.4 Å². The summed E-state index contributed by atoms with van der Waals surface area (Å²) in [7, 11) is 0. The van der Waals surface area contributed by atoms with Gasteiger partial charge in [-0.1, -0.05) is 6.92 Å². The number of carbonyl (C=O) groups excluding carboxylic acids is 1. The molecule has 0 spiro atoms. The maximum atomic E-state index is 11.7. The van der Waals surface area contributed by atoms with Gasteiger partial charge in [0.05, 0.1) is 10.7 Å². The van der Waals surface area contributed by atoms with Crippen molar-refractivity contribution in [1.82, 2.24) is 10.3 Å². The smallest absolute Gasteiger partial charge is 0.287 e. The Morgan fingerprint density at radius 1 is 1.50 bits per heavy atom. The highest BCUT2D eigenvalue weighted by atomic mass is 32.1. The van der Waals surface area contributed by atoms with Crippen LogP contribution in [0, 0.1) is 6.92 Å². The van der Waals surface area contributed by atoms with E-state index in [4.69, 9.17) is 4.42 Å². The predicted molar refractivity (Wildman–Crippen MR) is 71.0 cm³/mol. The third-order valence-corrected chi connectivity index (χ3v) is 3.39. The molecule has 2 aromatic rings. The first-order valence-electron chi connectivity index (χ1n) is 5.97. The van der Waals surface area contributed by atoms with Crippen LogP contribution < -0.4 is 5.32 Å². The Labute approximate surface area is 110 Å². The number of thiazole rings is 1. The number of hydrogen-bond donors (Lipinski definition) is 1. The summed E-state index contributed by atoms with van der Waals surface area (Å²) in [5.41, 5.74) is 1.02. The lowest BCUT2D eigenvalue weighted by Crippen LogP contribution is -2.25. The van der Waals surface area contributed by atoms with Gasteiger partial charge in [-0.25, -0.2) is 4.98 Å². The van der Waals surface area contributed by atoms with Gasteiger partial charge in [0, 0.05) is 24.8 Å². The second-order valence-electron chi connectivity index (χ2n) is 3.98. The predicted octanol–water partition coefficient (Wildman–Crippen LogP) is 2.58. The number of aryl methyl sites for hydroxylation is 2. The molecule has 0 aliphatic rings. The van der Waals surface area contributed by atoms with Crippen molar-refractivity contribution < 1.29 is 9.21 Å². The van der Waals surface area contributed by atoms with Gasteiger partial charge in [-0.3, -0.25) is 4.79 Å². The Kier molecular flexibility index (Phi) is 4.15. The van der Waals surface area contributed by atoms with E-state index >= 15 is 0 Å². The van der Waals surface area contributed by atoms with Crippen molar-refractivity contribution in [2.45, 2.75) is 26.7 Å². The molecular weight excluding hydrogens is 248 g/mol. The number of rotatable bonds is 5. The first-order chi connectivity index (χ1) is 8.69. The van der Waals surface area contributed by atoms with Crippen LogP contribution in [0.5, 0.6) is 0 Å². The molecule has 0 bridgehead atoms. The summed E-state index contributed by atoms with van der Waals surface area (Å²) < 4.78 is 5.38. The minimum atomic E-state index is -0.165. The second kappa shape index (κ2) is 5.82. The Bertz CT molecular complexity index is 531. The monoisotopic (exact) mass is 264 g/mol. The lowest BCUT2D eigenvalue weighted by atomic mass is 10.3. The molecule has 1 amide bonds. The quantitative estimate of drug-likeness (QED) is 0.903. The molecule has 2 heterocycles. The largest absolute Gasteiger partial charge is 0.456 e. The SMILES string of the molecule is CCc1ccc(C(=O)NCCc2csc(C)n2)o1. The third-order valence-electron chi connectivity index (χ3n) is 2.57. The van der Waals surface area contributed by atoms with Gasteiger partial charge in [-0.15, -0.1) is 11.3 Å². The van der Waals surface area contributed by atoms with E-state index in [0.29, 0.717) is 12.3 Å². The van der Waals surface area contributed by atoms with E-state index in [2.05, 4.69) is 10.3 Å². The molecule has 0 aliphatic heterocycles. The van der Waals surface area contributed by atoms with E-state index in [-0.39, 0.29) is 5.91 Å². The number of aromatic nitrogens is 1. The minimum absolute atomic E-state index is 0.165. The fraction of sp³-hybridized carbons (Fsp3) is 0.385. The molecule has 1 N–H and O–H groups in total. The Hall–Kier alpha value is -1.62. The highest BCUT2D eigenvalue weighted by Gasteiger charge is 2.10. The lowest BCUT2D eigenvalue weighted by Gasteiger charge is -2.01. The topological polar surface area (TPSA) is 55.1 Å². The molecular formula is C13H16N2O2S. The molecule has 18 heavy (non-hydrogen) atoms. The number of furan rings is 1. The molecule has 4 nitrogen and oxygen atoms in total. The molecule has 0 saturated carbocycles. The van der Waals surface area contributed by atoms with Crippen molar-refractivity contribution in [2.24, 2.45) is 0 Å². The number of carbonyl (C=O) groups is 1. The van der Waals surface area contributed by atoms with Crippen molar-refractivity contribution in [1.29, 1.82) is 0 Å². The molecule has 2 aromatic heterocycles. The number of hydrogen-bond acceptors (Lipinski definition) is 4. The molecule has 96 valence electrons. The molecule has 0 atom stereocenters. The maximum Gasteiger partial charge on any atom is 0.287 e. The molecule has 5 heteroatoms. The normalized spacial score (nSPS) is 10.6. The van der Waals surface area contributed by atoms with E-state index in [0.717, 1.165) is 29.3 Å². The summed E-state index contributed by atoms with van der Waals surface area (Å²) in [4.78, 5) is 16.1. The molecule has 0 saturated heterocycles. The van der Waals surface area contributed by atoms with Gasteiger partial charge in [0.25, 0.3) is 5.91 Å². The number of nitrogens with one attached hydrogen (secondary N) is 1. The fourth-order valence-corrected chi connectivity index (χ4v) is 2.25. The van der Waals surface area contributed by atoms with Gasteiger partial charge < -0.3 is 9.73 Å². The Morgan fingerprint density at radius 2 is 2.33 bits per heavy atom. The molecule has 0 aliphatic carbocycles. The van der Waals surface area contributed by atoms with E-state index in [1.165, 1.54) is 0 Å². The zero-order chi connectivity index (χ0) is 13.0. The first kappa shape index (κ1) is 12.8. The maximum absolute atomic E-state index is 11.7. The summed E-state index contributed by atoms with van der Waals surface area (Å²) in [6, 6.07) is 3.54. The number of amides is 1. The van der Waals surface area contributed by atoms with Crippen molar-refractivity contribution >= 4 is 17.2 Å². The van der Waals surface area contributed by atoms with Gasteiger partial charge >= 0.3 is 0 Å². The Morgan fingerprint density at radius 3 is 2.94 bits per heavy atom. The van der Waals surface area contributed by atoms with Gasteiger partial charge in [-0.2, -0.15) is 0 Å². The third kappa shape index (κ3) is 3.20. The number of nitrogens with zero attached hydrogens (tertiary/aromatic N) is 1. The first-order valence-corrected chi connectivity index (χ1v) is 6.85. The summed E-state index contributed by atoms with van der Waals surface area (Å²) >= 11 is 1.62. The standard InChI is InChI=1S/C13H16N2O2S/c1-3-11-4-5-12(17-11)13(16)14-7-6-10-8-18-9(2)15-10/h4-5,8H,3,6-7H2,1-2H3,(H,14,16). The van der Waals surface area contributed by atoms with Gasteiger partial charge in [0.1, 0.15) is 5.76 Å². The molecule has 0 fully saturated rings. The fourth-order valence-electron chi connectivity index (χ4n) is 1.60. The minimum Gasteiger partial charge on any atom is -0.456 e. The highest BCUT2D eigenvalue weighted by molar-refractivity contribution is 7.09. The Balaban J connectivity index is 1.81. The van der Waals surface area contributed by atoms with E-state index < -0.39 is 0 Å². The van der Waals surface area contributed by atoms with Crippen molar-refractivity contribution in [3.8, 4) is 0 Å². The summed E-state index contributed by atoms with van der Waals surface area (Å²) in [5, 5.41) is 5.89. The van der Waals surface area contributed by atoms with Crippen LogP contribution in [0.1, 0.15) is 33.9 Å². The van der Waals surface area contributed by atoms with Crippen LogP contribution in [-0.4, -0.2) is 17.4 Å². The van der Waals surface area contributed by atoms with Crippen molar-refractivity contribution in [2.75, 3.05) is 6.54 Å². The van der Waals surface area contributed by atoms with Crippen LogP contribution in [0.15, 0.2) is 21.9 Å². The van der Waals surface area contributed by atoms with Crippen LogP contribution in [0.2, 0.25) is 0 Å². The van der Waals surface area contributed by atoms with Crippen LogP contribution in [0.25, 0.3) is 0 Å². The molecule has 0 radical (unpaired) electrons. The summed E-state index contributed by atoms with van der Waals surface area (Å²) in [5.74, 6) is 1.04. The average Bonchev–Trinajstić information content (AvgIpc) is 2.98. The van der Waals surface area contributed by atoms with Gasteiger partial charge in [0.15, 0.2) is 5.76 Å². The van der Waals surface area contributed by atoms with Gasteiger partial charge in [-0.05, 0) is 19.1 Å². The molecule has 0 aromatic carbocycles. The van der Waals surface area contributed by atoms with Crippen LogP contribution in [-0.2, 0) is 12.8 Å². The van der Waals surface area contributed by atoms with Gasteiger partial charge in [0.2, 0.25) is 0 Å². The highest BCUT2D eigenvalue weighted by Crippen LogP contribution is 2.09. The van der Waals surface area contributed by atoms with Crippen LogP contribution >= 0.6 is 11.3 Å². The summed E-state index contributed by atoms with van der Waals surface area (Å²) in [6.45, 7) is 4.54.